The molecule has 1 aliphatic rings. The predicted molar refractivity (Wildman–Crippen MR) is 73.6 cm³/mol. The minimum Gasteiger partial charge on any atom is -0.383 e. The van der Waals surface area contributed by atoms with Crippen molar-refractivity contribution in [3.63, 3.8) is 0 Å². The van der Waals surface area contributed by atoms with Gasteiger partial charge in [-0.15, -0.1) is 0 Å². The molecular formula is C14H26N2O3. The third-order valence-corrected chi connectivity index (χ3v) is 4.01. The van der Waals surface area contributed by atoms with Gasteiger partial charge in [0, 0.05) is 7.11 Å². The lowest BCUT2D eigenvalue weighted by molar-refractivity contribution is -0.162. The molecule has 3 atom stereocenters. The van der Waals surface area contributed by atoms with E-state index in [-0.39, 0.29) is 23.8 Å². The number of carbonyl (C=O) groups is 2. The maximum Gasteiger partial charge on any atom is 0.246 e. The highest BCUT2D eigenvalue weighted by Gasteiger charge is 2.50. The van der Waals surface area contributed by atoms with Crippen LogP contribution in [0.25, 0.3) is 0 Å². The van der Waals surface area contributed by atoms with E-state index in [1.165, 1.54) is 0 Å². The van der Waals surface area contributed by atoms with Gasteiger partial charge in [-0.05, 0) is 26.2 Å². The van der Waals surface area contributed by atoms with Crippen molar-refractivity contribution in [2.24, 2.45) is 5.92 Å². The Bertz CT molecular complexity index is 357. The first-order valence-electron chi connectivity index (χ1n) is 6.92. The zero-order valence-corrected chi connectivity index (χ0v) is 12.8. The van der Waals surface area contributed by atoms with Crippen LogP contribution < -0.4 is 5.32 Å². The van der Waals surface area contributed by atoms with Crippen LogP contribution in [0.1, 0.15) is 41.0 Å². The molecule has 1 aliphatic heterocycles. The Morgan fingerprint density at radius 1 is 1.37 bits per heavy atom. The first kappa shape index (κ1) is 16.0. The largest absolute Gasteiger partial charge is 0.383 e. The molecule has 5 heteroatoms. The van der Waals surface area contributed by atoms with Gasteiger partial charge in [0.25, 0.3) is 0 Å². The molecule has 0 aromatic carbocycles. The molecule has 0 aliphatic carbocycles. The smallest absolute Gasteiger partial charge is 0.246 e. The van der Waals surface area contributed by atoms with Gasteiger partial charge in [-0.25, -0.2) is 0 Å². The summed E-state index contributed by atoms with van der Waals surface area (Å²) in [6, 6.07) is -0.554. The van der Waals surface area contributed by atoms with Gasteiger partial charge in [0.05, 0.1) is 12.6 Å². The van der Waals surface area contributed by atoms with Gasteiger partial charge in [-0.2, -0.15) is 0 Å². The number of hydrogen-bond donors (Lipinski definition) is 1. The summed E-state index contributed by atoms with van der Waals surface area (Å²) in [4.78, 5) is 26.7. The minimum absolute atomic E-state index is 0.0106. The standard InChI is InChI=1S/C14H26N2O3/c1-7-14(5)13(18)15-11(9(2)3)12(17)16(14)10(4)8-19-6/h9-11H,7-8H2,1-6H3,(H,15,18). The van der Waals surface area contributed by atoms with Crippen LogP contribution in [0.5, 0.6) is 0 Å². The maximum atomic E-state index is 12.7. The Hall–Kier alpha value is -1.10. The summed E-state index contributed by atoms with van der Waals surface area (Å²) >= 11 is 0. The molecule has 0 aromatic heterocycles. The number of hydrogen-bond acceptors (Lipinski definition) is 3. The number of nitrogens with zero attached hydrogens (tertiary/aromatic N) is 1. The van der Waals surface area contributed by atoms with Gasteiger partial charge in [-0.3, -0.25) is 9.59 Å². The van der Waals surface area contributed by atoms with Crippen molar-refractivity contribution in [2.45, 2.75) is 58.7 Å². The highest BCUT2D eigenvalue weighted by Crippen LogP contribution is 2.29. The van der Waals surface area contributed by atoms with Crippen molar-refractivity contribution >= 4 is 11.8 Å². The molecule has 1 N–H and O–H groups in total. The molecule has 3 unspecified atom stereocenters. The van der Waals surface area contributed by atoms with E-state index in [0.717, 1.165) is 0 Å². The van der Waals surface area contributed by atoms with E-state index >= 15 is 0 Å². The number of methoxy groups -OCH3 is 1. The van der Waals surface area contributed by atoms with Crippen molar-refractivity contribution in [2.75, 3.05) is 13.7 Å². The highest BCUT2D eigenvalue weighted by atomic mass is 16.5. The lowest BCUT2D eigenvalue weighted by Crippen LogP contribution is -2.72. The molecule has 1 heterocycles. The molecule has 0 aromatic rings. The van der Waals surface area contributed by atoms with E-state index in [0.29, 0.717) is 13.0 Å². The topological polar surface area (TPSA) is 58.6 Å². The molecule has 0 bridgehead atoms. The normalized spacial score (nSPS) is 29.6. The Balaban J connectivity index is 3.14. The van der Waals surface area contributed by atoms with Gasteiger partial charge in [-0.1, -0.05) is 20.8 Å². The Kier molecular flexibility index (Phi) is 4.96. The minimum atomic E-state index is -0.791. The first-order valence-corrected chi connectivity index (χ1v) is 6.92. The van der Waals surface area contributed by atoms with Gasteiger partial charge in [0.1, 0.15) is 11.6 Å². The van der Waals surface area contributed by atoms with E-state index < -0.39 is 11.6 Å². The van der Waals surface area contributed by atoms with Crippen LogP contribution in [-0.4, -0.2) is 48.1 Å². The maximum absolute atomic E-state index is 12.7. The van der Waals surface area contributed by atoms with Crippen LogP contribution in [-0.2, 0) is 14.3 Å². The van der Waals surface area contributed by atoms with Crippen molar-refractivity contribution in [1.29, 1.82) is 0 Å². The molecule has 110 valence electrons. The fraction of sp³-hybridized carbons (Fsp3) is 0.857. The number of carbonyl (C=O) groups excluding carboxylic acids is 2. The lowest BCUT2D eigenvalue weighted by atomic mass is 9.86. The molecule has 1 saturated heterocycles. The Labute approximate surface area is 115 Å². The number of nitrogens with one attached hydrogen (secondary N) is 1. The molecule has 0 spiro atoms. The Morgan fingerprint density at radius 3 is 2.37 bits per heavy atom. The van der Waals surface area contributed by atoms with Crippen molar-refractivity contribution < 1.29 is 14.3 Å². The van der Waals surface area contributed by atoms with Crippen LogP contribution >= 0.6 is 0 Å². The van der Waals surface area contributed by atoms with Crippen molar-refractivity contribution in [1.82, 2.24) is 10.2 Å². The summed E-state index contributed by atoms with van der Waals surface area (Å²) < 4.78 is 5.15. The van der Waals surface area contributed by atoms with Gasteiger partial charge in [0.2, 0.25) is 11.8 Å². The molecular weight excluding hydrogens is 244 g/mol. The molecule has 5 nitrogen and oxygen atoms in total. The van der Waals surface area contributed by atoms with E-state index in [9.17, 15) is 9.59 Å². The van der Waals surface area contributed by atoms with Crippen molar-refractivity contribution in [3.8, 4) is 0 Å². The molecule has 1 rings (SSSR count). The zero-order chi connectivity index (χ0) is 14.8. The second-order valence-corrected chi connectivity index (χ2v) is 5.84. The van der Waals surface area contributed by atoms with Crippen LogP contribution in [0, 0.1) is 5.92 Å². The quantitative estimate of drug-likeness (QED) is 0.816. The number of piperazine rings is 1. The van der Waals surface area contributed by atoms with Gasteiger partial charge < -0.3 is 15.0 Å². The third kappa shape index (κ3) is 2.76. The van der Waals surface area contributed by atoms with E-state index in [1.807, 2.05) is 34.6 Å². The summed E-state index contributed by atoms with van der Waals surface area (Å²) in [5.41, 5.74) is -0.791. The molecule has 0 saturated carbocycles. The van der Waals surface area contributed by atoms with Crippen LogP contribution in [0.15, 0.2) is 0 Å². The van der Waals surface area contributed by atoms with Crippen LogP contribution in [0.3, 0.4) is 0 Å². The summed E-state index contributed by atoms with van der Waals surface area (Å²) in [7, 11) is 1.61. The first-order chi connectivity index (χ1) is 8.79. The van der Waals surface area contributed by atoms with Crippen LogP contribution in [0.4, 0.5) is 0 Å². The van der Waals surface area contributed by atoms with Gasteiger partial charge in [0.15, 0.2) is 0 Å². The second kappa shape index (κ2) is 5.90. The fourth-order valence-electron chi connectivity index (χ4n) is 2.66. The summed E-state index contributed by atoms with van der Waals surface area (Å²) in [5.74, 6) is -0.00476. The number of amides is 2. The molecule has 2 amide bonds. The summed E-state index contributed by atoms with van der Waals surface area (Å²) in [5, 5.41) is 2.86. The van der Waals surface area contributed by atoms with Crippen molar-refractivity contribution in [3.05, 3.63) is 0 Å². The van der Waals surface area contributed by atoms with E-state index in [2.05, 4.69) is 5.32 Å². The molecule has 0 radical (unpaired) electrons. The highest BCUT2D eigenvalue weighted by molar-refractivity contribution is 5.99. The van der Waals surface area contributed by atoms with E-state index in [1.54, 1.807) is 12.0 Å². The molecule has 1 fully saturated rings. The molecule has 19 heavy (non-hydrogen) atoms. The average Bonchev–Trinajstić information content (AvgIpc) is 2.33. The lowest BCUT2D eigenvalue weighted by Gasteiger charge is -2.49. The van der Waals surface area contributed by atoms with Crippen LogP contribution in [0.2, 0.25) is 0 Å². The number of ether oxygens (including phenoxy) is 1. The number of rotatable bonds is 5. The third-order valence-electron chi connectivity index (χ3n) is 4.01. The Morgan fingerprint density at radius 2 is 1.95 bits per heavy atom. The fourth-order valence-corrected chi connectivity index (χ4v) is 2.66. The predicted octanol–water partition coefficient (Wildman–Crippen LogP) is 1.17. The van der Waals surface area contributed by atoms with Gasteiger partial charge >= 0.3 is 0 Å². The summed E-state index contributed by atoms with van der Waals surface area (Å²) in [6.45, 7) is 9.98. The second-order valence-electron chi connectivity index (χ2n) is 5.84. The zero-order valence-electron chi connectivity index (χ0n) is 12.8. The monoisotopic (exact) mass is 270 g/mol. The van der Waals surface area contributed by atoms with E-state index in [4.69, 9.17) is 4.74 Å². The SMILES string of the molecule is CCC1(C)C(=O)NC(C(C)C)C(=O)N1C(C)COC. The summed E-state index contributed by atoms with van der Waals surface area (Å²) in [6.07, 6.45) is 0.587. The average molecular weight is 270 g/mol.